The van der Waals surface area contributed by atoms with Crippen molar-refractivity contribution in [1.29, 1.82) is 0 Å². The second kappa shape index (κ2) is 3.75. The molecule has 70 valence electrons. The molecule has 1 atom stereocenters. The number of carbonyl (C=O) groups excluding carboxylic acids is 1. The minimum absolute atomic E-state index is 0.340. The van der Waals surface area contributed by atoms with E-state index in [2.05, 4.69) is 0 Å². The van der Waals surface area contributed by atoms with Crippen LogP contribution in [0.5, 0.6) is 0 Å². The Balaban J connectivity index is 1.96. The molecule has 3 nitrogen and oxygen atoms in total. The molecule has 2 rings (SSSR count). The number of carbonyl (C=O) groups is 1. The summed E-state index contributed by atoms with van der Waals surface area (Å²) >= 11 is 0. The lowest BCUT2D eigenvalue weighted by molar-refractivity contribution is 0.0970. The fourth-order valence-corrected chi connectivity index (χ4v) is 1.67. The molecular weight excluding hydrogens is 166 g/mol. The molecule has 1 aliphatic rings. The fraction of sp³-hybridized carbons (Fsp3) is 0.500. The molecule has 0 N–H and O–H groups in total. The van der Waals surface area contributed by atoms with Crippen LogP contribution in [0.15, 0.2) is 18.5 Å². The summed E-state index contributed by atoms with van der Waals surface area (Å²) in [6, 6.07) is 1.82. The summed E-state index contributed by atoms with van der Waals surface area (Å²) in [5.41, 5.74) is 0.734. The van der Waals surface area contributed by atoms with Crippen LogP contribution in [-0.4, -0.2) is 23.6 Å². The lowest BCUT2D eigenvalue weighted by Gasteiger charge is -2.09. The summed E-state index contributed by atoms with van der Waals surface area (Å²) in [5, 5.41) is 0. The van der Waals surface area contributed by atoms with Crippen molar-refractivity contribution in [3.05, 3.63) is 24.0 Å². The molecule has 1 aliphatic heterocycles. The molecule has 0 bridgehead atoms. The van der Waals surface area contributed by atoms with Crippen LogP contribution >= 0.6 is 0 Å². The molecule has 0 amide bonds. The van der Waals surface area contributed by atoms with Crippen LogP contribution in [0.25, 0.3) is 0 Å². The van der Waals surface area contributed by atoms with Crippen LogP contribution in [0.3, 0.4) is 0 Å². The Labute approximate surface area is 77.3 Å². The Morgan fingerprint density at radius 3 is 3.23 bits per heavy atom. The van der Waals surface area contributed by atoms with E-state index in [1.807, 2.05) is 23.0 Å². The van der Waals surface area contributed by atoms with Gasteiger partial charge < -0.3 is 9.30 Å². The highest BCUT2D eigenvalue weighted by Gasteiger charge is 2.15. The molecule has 3 heteroatoms. The van der Waals surface area contributed by atoms with Gasteiger partial charge in [-0.3, -0.25) is 4.79 Å². The van der Waals surface area contributed by atoms with E-state index >= 15 is 0 Å². The lowest BCUT2D eigenvalue weighted by atomic mass is 10.2. The van der Waals surface area contributed by atoms with Crippen molar-refractivity contribution in [3.63, 3.8) is 0 Å². The number of hydrogen-bond acceptors (Lipinski definition) is 2. The smallest absolute Gasteiger partial charge is 0.151 e. The maximum Gasteiger partial charge on any atom is 0.151 e. The van der Waals surface area contributed by atoms with Crippen LogP contribution in [0.1, 0.15) is 23.2 Å². The average molecular weight is 179 g/mol. The van der Waals surface area contributed by atoms with Crippen LogP contribution in [0.2, 0.25) is 0 Å². The van der Waals surface area contributed by atoms with Gasteiger partial charge in [0.2, 0.25) is 0 Å². The van der Waals surface area contributed by atoms with Gasteiger partial charge in [-0.2, -0.15) is 0 Å². The molecule has 1 fully saturated rings. The van der Waals surface area contributed by atoms with Gasteiger partial charge in [-0.1, -0.05) is 0 Å². The SMILES string of the molecule is O=Cc1ccn(CC2CCCO2)c1. The van der Waals surface area contributed by atoms with Crippen molar-refractivity contribution in [2.45, 2.75) is 25.5 Å². The first-order chi connectivity index (χ1) is 6.38. The zero-order chi connectivity index (χ0) is 9.10. The predicted octanol–water partition coefficient (Wildman–Crippen LogP) is 1.48. The Bertz CT molecular complexity index is 287. The third-order valence-electron chi connectivity index (χ3n) is 2.35. The molecule has 0 radical (unpaired) electrons. The third kappa shape index (κ3) is 1.98. The lowest BCUT2D eigenvalue weighted by Crippen LogP contribution is -2.13. The zero-order valence-corrected chi connectivity index (χ0v) is 7.48. The van der Waals surface area contributed by atoms with E-state index in [-0.39, 0.29) is 0 Å². The quantitative estimate of drug-likeness (QED) is 0.658. The maximum atomic E-state index is 10.4. The van der Waals surface area contributed by atoms with E-state index in [0.29, 0.717) is 6.10 Å². The Hall–Kier alpha value is -1.09. The molecule has 1 aromatic rings. The number of rotatable bonds is 3. The summed E-state index contributed by atoms with van der Waals surface area (Å²) in [7, 11) is 0. The van der Waals surface area contributed by atoms with Gasteiger partial charge >= 0.3 is 0 Å². The van der Waals surface area contributed by atoms with Gasteiger partial charge in [-0.15, -0.1) is 0 Å². The van der Waals surface area contributed by atoms with E-state index in [0.717, 1.165) is 37.8 Å². The van der Waals surface area contributed by atoms with Crippen molar-refractivity contribution in [3.8, 4) is 0 Å². The monoisotopic (exact) mass is 179 g/mol. The second-order valence-electron chi connectivity index (χ2n) is 3.39. The van der Waals surface area contributed by atoms with E-state index in [1.54, 1.807) is 0 Å². The molecule has 1 unspecified atom stereocenters. The third-order valence-corrected chi connectivity index (χ3v) is 2.35. The number of aldehydes is 1. The molecule has 1 saturated heterocycles. The highest BCUT2D eigenvalue weighted by molar-refractivity contribution is 5.74. The van der Waals surface area contributed by atoms with Crippen LogP contribution < -0.4 is 0 Å². The van der Waals surface area contributed by atoms with Crippen LogP contribution in [0, 0.1) is 0 Å². The van der Waals surface area contributed by atoms with Gasteiger partial charge in [0.1, 0.15) is 0 Å². The molecule has 0 saturated carbocycles. The number of aromatic nitrogens is 1. The van der Waals surface area contributed by atoms with E-state index in [4.69, 9.17) is 4.74 Å². The summed E-state index contributed by atoms with van der Waals surface area (Å²) in [6.07, 6.45) is 7.28. The van der Waals surface area contributed by atoms with E-state index < -0.39 is 0 Å². The number of nitrogens with zero attached hydrogens (tertiary/aromatic N) is 1. The summed E-state index contributed by atoms with van der Waals surface area (Å²) < 4.78 is 7.50. The molecular formula is C10H13NO2. The van der Waals surface area contributed by atoms with Crippen molar-refractivity contribution >= 4 is 6.29 Å². The predicted molar refractivity (Wildman–Crippen MR) is 48.8 cm³/mol. The van der Waals surface area contributed by atoms with Gasteiger partial charge in [0, 0.05) is 31.1 Å². The molecule has 0 spiro atoms. The van der Waals surface area contributed by atoms with Gasteiger partial charge in [0.05, 0.1) is 6.10 Å². The summed E-state index contributed by atoms with van der Waals surface area (Å²) in [4.78, 5) is 10.4. The Kier molecular flexibility index (Phi) is 2.45. The number of ether oxygens (including phenoxy) is 1. The maximum absolute atomic E-state index is 10.4. The van der Waals surface area contributed by atoms with Crippen LogP contribution in [-0.2, 0) is 11.3 Å². The highest BCUT2D eigenvalue weighted by atomic mass is 16.5. The number of hydrogen-bond donors (Lipinski definition) is 0. The zero-order valence-electron chi connectivity index (χ0n) is 7.48. The molecule has 13 heavy (non-hydrogen) atoms. The Morgan fingerprint density at radius 1 is 1.69 bits per heavy atom. The highest BCUT2D eigenvalue weighted by Crippen LogP contribution is 2.14. The fourth-order valence-electron chi connectivity index (χ4n) is 1.67. The van der Waals surface area contributed by atoms with Gasteiger partial charge in [-0.25, -0.2) is 0 Å². The standard InChI is InChI=1S/C10H13NO2/c12-8-9-3-4-11(6-9)7-10-2-1-5-13-10/h3-4,6,8,10H,1-2,5,7H2. The summed E-state index contributed by atoms with van der Waals surface area (Å²) in [5.74, 6) is 0. The molecule has 2 heterocycles. The largest absolute Gasteiger partial charge is 0.376 e. The topological polar surface area (TPSA) is 31.2 Å². The van der Waals surface area contributed by atoms with Gasteiger partial charge in [0.15, 0.2) is 6.29 Å². The first-order valence-electron chi connectivity index (χ1n) is 4.61. The minimum Gasteiger partial charge on any atom is -0.376 e. The molecule has 0 aromatic carbocycles. The molecule has 0 aliphatic carbocycles. The molecule has 1 aromatic heterocycles. The Morgan fingerprint density at radius 2 is 2.62 bits per heavy atom. The van der Waals surface area contributed by atoms with Gasteiger partial charge in [0.25, 0.3) is 0 Å². The summed E-state index contributed by atoms with van der Waals surface area (Å²) in [6.45, 7) is 1.75. The van der Waals surface area contributed by atoms with Crippen molar-refractivity contribution in [2.24, 2.45) is 0 Å². The average Bonchev–Trinajstić information content (AvgIpc) is 2.76. The second-order valence-corrected chi connectivity index (χ2v) is 3.39. The van der Waals surface area contributed by atoms with E-state index in [9.17, 15) is 4.79 Å². The van der Waals surface area contributed by atoms with Crippen molar-refractivity contribution in [1.82, 2.24) is 4.57 Å². The van der Waals surface area contributed by atoms with E-state index in [1.165, 1.54) is 0 Å². The first-order valence-corrected chi connectivity index (χ1v) is 4.61. The first kappa shape index (κ1) is 8.51. The normalized spacial score (nSPS) is 22.0. The van der Waals surface area contributed by atoms with Crippen LogP contribution in [0.4, 0.5) is 0 Å². The van der Waals surface area contributed by atoms with Crippen molar-refractivity contribution < 1.29 is 9.53 Å². The minimum atomic E-state index is 0.340. The van der Waals surface area contributed by atoms with Crippen molar-refractivity contribution in [2.75, 3.05) is 6.61 Å². The van der Waals surface area contributed by atoms with Gasteiger partial charge in [-0.05, 0) is 18.9 Å².